The number of piperidine rings is 1. The second-order valence-electron chi connectivity index (χ2n) is 5.51. The minimum Gasteiger partial charge on any atom is -0.383 e. The lowest BCUT2D eigenvalue weighted by atomic mass is 10.1. The zero-order chi connectivity index (χ0) is 16.5. The quantitative estimate of drug-likeness (QED) is 0.474. The maximum absolute atomic E-state index is 11.9. The molecule has 1 fully saturated rings. The van der Waals surface area contributed by atoms with Crippen LogP contribution in [0.1, 0.15) is 24.8 Å². The average molecular weight is 318 g/mol. The van der Waals surface area contributed by atoms with Gasteiger partial charge in [-0.15, -0.1) is 0 Å². The van der Waals surface area contributed by atoms with Crippen LogP contribution in [0.25, 0.3) is 0 Å². The van der Waals surface area contributed by atoms with Crippen molar-refractivity contribution in [3.63, 3.8) is 0 Å². The molecule has 23 heavy (non-hydrogen) atoms. The van der Waals surface area contributed by atoms with Gasteiger partial charge in [0.05, 0.1) is 6.61 Å². The van der Waals surface area contributed by atoms with Gasteiger partial charge in [0.2, 0.25) is 5.91 Å². The Labute approximate surface area is 137 Å². The van der Waals surface area contributed by atoms with Crippen molar-refractivity contribution in [2.75, 3.05) is 38.8 Å². The Morgan fingerprint density at radius 1 is 1.26 bits per heavy atom. The summed E-state index contributed by atoms with van der Waals surface area (Å²) in [7, 11) is 3.42. The molecule has 0 bridgehead atoms. The van der Waals surface area contributed by atoms with Gasteiger partial charge in [0, 0.05) is 45.9 Å². The Balaban J connectivity index is 1.86. The highest BCUT2D eigenvalue weighted by Crippen LogP contribution is 2.21. The molecule has 0 spiro atoms. The van der Waals surface area contributed by atoms with Gasteiger partial charge in [-0.2, -0.15) is 0 Å². The van der Waals surface area contributed by atoms with Gasteiger partial charge < -0.3 is 20.3 Å². The highest BCUT2D eigenvalue weighted by Gasteiger charge is 2.19. The molecule has 2 rings (SSSR count). The number of rotatable bonds is 6. The fourth-order valence-electron chi connectivity index (χ4n) is 2.55. The lowest BCUT2D eigenvalue weighted by Gasteiger charge is -2.26. The van der Waals surface area contributed by atoms with Crippen LogP contribution in [0.4, 0.5) is 5.69 Å². The number of amides is 1. The first-order chi connectivity index (χ1) is 11.2. The molecule has 1 aliphatic rings. The summed E-state index contributed by atoms with van der Waals surface area (Å²) < 4.78 is 5.00. The number of hydrogen-bond acceptors (Lipinski definition) is 3. The molecule has 1 saturated heterocycles. The van der Waals surface area contributed by atoms with Gasteiger partial charge in [-0.05, 0) is 30.5 Å². The molecule has 1 aromatic carbocycles. The molecule has 0 aromatic heterocycles. The van der Waals surface area contributed by atoms with Crippen molar-refractivity contribution in [2.45, 2.75) is 25.8 Å². The summed E-state index contributed by atoms with van der Waals surface area (Å²) in [5.74, 6) is 0.974. The lowest BCUT2D eigenvalue weighted by Crippen LogP contribution is -2.38. The third kappa shape index (κ3) is 5.25. The number of nitrogens with zero attached hydrogens (tertiary/aromatic N) is 2. The van der Waals surface area contributed by atoms with E-state index in [2.05, 4.69) is 15.6 Å². The third-order valence-corrected chi connectivity index (χ3v) is 3.85. The Morgan fingerprint density at radius 3 is 2.70 bits per heavy atom. The summed E-state index contributed by atoms with van der Waals surface area (Å²) >= 11 is 0. The minimum absolute atomic E-state index is 0.227. The van der Waals surface area contributed by atoms with Gasteiger partial charge in [-0.3, -0.25) is 9.79 Å². The average Bonchev–Trinajstić information content (AvgIpc) is 2.59. The monoisotopic (exact) mass is 318 g/mol. The summed E-state index contributed by atoms with van der Waals surface area (Å²) in [6, 6.07) is 8.13. The van der Waals surface area contributed by atoms with Gasteiger partial charge in [-0.1, -0.05) is 12.1 Å². The molecule has 0 aliphatic carbocycles. The Bertz CT molecular complexity index is 528. The van der Waals surface area contributed by atoms with Crippen molar-refractivity contribution >= 4 is 17.6 Å². The summed E-state index contributed by atoms with van der Waals surface area (Å²) in [5, 5.41) is 6.43. The van der Waals surface area contributed by atoms with Crippen LogP contribution in [0.3, 0.4) is 0 Å². The van der Waals surface area contributed by atoms with Crippen LogP contribution < -0.4 is 15.5 Å². The molecule has 0 atom stereocenters. The first-order valence-electron chi connectivity index (χ1n) is 8.07. The smallest absolute Gasteiger partial charge is 0.226 e. The molecule has 1 aromatic rings. The van der Waals surface area contributed by atoms with Crippen LogP contribution in [0.15, 0.2) is 29.3 Å². The molecule has 1 aliphatic heterocycles. The standard InChI is InChI=1S/C17H26N4O2/c1-18-17(19-10-12-23-2)20-13-14-6-8-15(9-7-14)21-11-4-3-5-16(21)22/h6-9H,3-5,10-13H2,1-2H3,(H2,18,19,20). The number of carbonyl (C=O) groups excluding carboxylic acids is 1. The van der Waals surface area contributed by atoms with E-state index in [4.69, 9.17) is 4.74 Å². The predicted molar refractivity (Wildman–Crippen MR) is 92.7 cm³/mol. The summed E-state index contributed by atoms with van der Waals surface area (Å²) in [6.07, 6.45) is 2.75. The summed E-state index contributed by atoms with van der Waals surface area (Å²) in [5.41, 5.74) is 2.13. The van der Waals surface area contributed by atoms with E-state index in [0.717, 1.165) is 36.6 Å². The number of ether oxygens (including phenoxy) is 1. The minimum atomic E-state index is 0.227. The second kappa shape index (κ2) is 9.15. The van der Waals surface area contributed by atoms with Gasteiger partial charge in [0.1, 0.15) is 0 Å². The van der Waals surface area contributed by atoms with E-state index in [-0.39, 0.29) is 5.91 Å². The van der Waals surface area contributed by atoms with Crippen LogP contribution >= 0.6 is 0 Å². The fraction of sp³-hybridized carbons (Fsp3) is 0.529. The Hall–Kier alpha value is -2.08. The molecular weight excluding hydrogens is 292 g/mol. The zero-order valence-electron chi connectivity index (χ0n) is 14.0. The normalized spacial score (nSPS) is 15.7. The van der Waals surface area contributed by atoms with Crippen molar-refractivity contribution in [3.05, 3.63) is 29.8 Å². The Kier molecular flexibility index (Phi) is 6.87. The highest BCUT2D eigenvalue weighted by atomic mass is 16.5. The van der Waals surface area contributed by atoms with Gasteiger partial charge in [0.15, 0.2) is 5.96 Å². The van der Waals surface area contributed by atoms with E-state index >= 15 is 0 Å². The van der Waals surface area contributed by atoms with Crippen molar-refractivity contribution in [2.24, 2.45) is 4.99 Å². The molecule has 0 radical (unpaired) electrons. The van der Waals surface area contributed by atoms with Crippen molar-refractivity contribution in [1.82, 2.24) is 10.6 Å². The van der Waals surface area contributed by atoms with Crippen molar-refractivity contribution in [3.8, 4) is 0 Å². The van der Waals surface area contributed by atoms with E-state index in [9.17, 15) is 4.79 Å². The predicted octanol–water partition coefficient (Wildman–Crippen LogP) is 1.51. The number of hydrogen-bond donors (Lipinski definition) is 2. The Morgan fingerprint density at radius 2 is 2.04 bits per heavy atom. The largest absolute Gasteiger partial charge is 0.383 e. The number of anilines is 1. The number of methoxy groups -OCH3 is 1. The number of nitrogens with one attached hydrogen (secondary N) is 2. The SMILES string of the molecule is CN=C(NCCOC)NCc1ccc(N2CCCCC2=O)cc1. The van der Waals surface area contributed by atoms with E-state index in [1.54, 1.807) is 14.2 Å². The topological polar surface area (TPSA) is 66.0 Å². The molecule has 1 amide bonds. The van der Waals surface area contributed by atoms with Crippen LogP contribution in [-0.2, 0) is 16.1 Å². The van der Waals surface area contributed by atoms with E-state index < -0.39 is 0 Å². The zero-order valence-corrected chi connectivity index (χ0v) is 14.0. The third-order valence-electron chi connectivity index (χ3n) is 3.85. The highest BCUT2D eigenvalue weighted by molar-refractivity contribution is 5.93. The number of carbonyl (C=O) groups is 1. The number of aliphatic imine (C=N–C) groups is 1. The molecule has 0 unspecified atom stereocenters. The first kappa shape index (κ1) is 17.3. The van der Waals surface area contributed by atoms with Crippen LogP contribution in [0.2, 0.25) is 0 Å². The molecule has 6 heteroatoms. The van der Waals surface area contributed by atoms with Crippen LogP contribution in [-0.4, -0.2) is 45.7 Å². The molecule has 0 saturated carbocycles. The first-order valence-corrected chi connectivity index (χ1v) is 8.07. The molecule has 1 heterocycles. The van der Waals surface area contributed by atoms with E-state index in [1.165, 1.54) is 0 Å². The molecule has 2 N–H and O–H groups in total. The van der Waals surface area contributed by atoms with Gasteiger partial charge in [0.25, 0.3) is 0 Å². The van der Waals surface area contributed by atoms with Crippen molar-refractivity contribution < 1.29 is 9.53 Å². The summed E-state index contributed by atoms with van der Waals surface area (Å²) in [4.78, 5) is 18.0. The maximum Gasteiger partial charge on any atom is 0.226 e. The number of guanidine groups is 1. The second-order valence-corrected chi connectivity index (χ2v) is 5.51. The number of benzene rings is 1. The summed E-state index contributed by atoms with van der Waals surface area (Å²) in [6.45, 7) is 2.86. The van der Waals surface area contributed by atoms with Crippen molar-refractivity contribution in [1.29, 1.82) is 0 Å². The molecule has 6 nitrogen and oxygen atoms in total. The maximum atomic E-state index is 11.9. The van der Waals surface area contributed by atoms with Gasteiger partial charge >= 0.3 is 0 Å². The molecular formula is C17H26N4O2. The lowest BCUT2D eigenvalue weighted by molar-refractivity contribution is -0.119. The van der Waals surface area contributed by atoms with Gasteiger partial charge in [-0.25, -0.2) is 0 Å². The van der Waals surface area contributed by atoms with Crippen LogP contribution in [0.5, 0.6) is 0 Å². The fourth-order valence-corrected chi connectivity index (χ4v) is 2.55. The molecule has 126 valence electrons. The van der Waals surface area contributed by atoms with E-state index in [1.807, 2.05) is 29.2 Å². The van der Waals surface area contributed by atoms with E-state index in [0.29, 0.717) is 26.1 Å². The van der Waals surface area contributed by atoms with Crippen LogP contribution in [0, 0.1) is 0 Å².